The van der Waals surface area contributed by atoms with E-state index in [0.717, 1.165) is 5.76 Å². The maximum Gasteiger partial charge on any atom is 0.314 e. The van der Waals surface area contributed by atoms with Crippen LogP contribution in [0.4, 0.5) is 0 Å². The fraction of sp³-hybridized carbons (Fsp3) is 0.200. The quantitative estimate of drug-likeness (QED) is 0.622. The summed E-state index contributed by atoms with van der Waals surface area (Å²) in [5.41, 5.74) is 0.846. The van der Waals surface area contributed by atoms with E-state index in [0.29, 0.717) is 27.9 Å². The van der Waals surface area contributed by atoms with Crippen molar-refractivity contribution < 1.29 is 9.52 Å². The van der Waals surface area contributed by atoms with E-state index in [1.165, 1.54) is 0 Å². The predicted octanol–water partition coefficient (Wildman–Crippen LogP) is 1.51. The molecule has 108 valence electrons. The number of hydrogen-bond donors (Lipinski definition) is 3. The molecule has 3 aromatic rings. The lowest BCUT2D eigenvalue weighted by molar-refractivity contribution is 0.218. The molecule has 0 saturated heterocycles. The number of furan rings is 1. The van der Waals surface area contributed by atoms with Gasteiger partial charge in [-0.2, -0.15) is 0 Å². The summed E-state index contributed by atoms with van der Waals surface area (Å²) in [7, 11) is 0. The molecule has 6 nitrogen and oxygen atoms in total. The molecule has 1 atom stereocenters. The molecule has 2 heterocycles. The molecule has 0 amide bonds. The highest BCUT2D eigenvalue weighted by Crippen LogP contribution is 2.28. The van der Waals surface area contributed by atoms with Gasteiger partial charge in [0.05, 0.1) is 11.0 Å². The fourth-order valence-corrected chi connectivity index (χ4v) is 2.40. The van der Waals surface area contributed by atoms with Crippen LogP contribution in [-0.4, -0.2) is 15.1 Å². The predicted molar refractivity (Wildman–Crippen MR) is 77.4 cm³/mol. The van der Waals surface area contributed by atoms with Crippen molar-refractivity contribution in [1.82, 2.24) is 9.97 Å². The number of aryl methyl sites for hydroxylation is 2. The number of hydrogen-bond acceptors (Lipinski definition) is 4. The normalized spacial score (nSPS) is 12.7. The van der Waals surface area contributed by atoms with Gasteiger partial charge in [-0.25, -0.2) is 0 Å². The van der Waals surface area contributed by atoms with Crippen molar-refractivity contribution in [2.75, 3.05) is 0 Å². The molecule has 0 bridgehead atoms. The molecule has 0 spiro atoms. The van der Waals surface area contributed by atoms with Crippen LogP contribution in [0.5, 0.6) is 0 Å². The Morgan fingerprint density at radius 2 is 1.71 bits per heavy atom. The molecule has 1 aromatic carbocycles. The zero-order chi connectivity index (χ0) is 15.1. The van der Waals surface area contributed by atoms with Crippen molar-refractivity contribution in [3.05, 3.63) is 67.6 Å². The van der Waals surface area contributed by atoms with Gasteiger partial charge in [0, 0.05) is 5.56 Å². The smallest absolute Gasteiger partial charge is 0.314 e. The lowest BCUT2D eigenvalue weighted by Crippen LogP contribution is -2.28. The molecular formula is C15H14N2O4. The Bertz CT molecular complexity index is 933. The van der Waals surface area contributed by atoms with Crippen LogP contribution in [0.25, 0.3) is 11.0 Å². The first-order valence-electron chi connectivity index (χ1n) is 6.47. The van der Waals surface area contributed by atoms with Gasteiger partial charge in [0.1, 0.15) is 17.6 Å². The molecule has 0 aliphatic carbocycles. The zero-order valence-electron chi connectivity index (χ0n) is 11.6. The van der Waals surface area contributed by atoms with Gasteiger partial charge in [-0.15, -0.1) is 0 Å². The van der Waals surface area contributed by atoms with Crippen LogP contribution in [0, 0.1) is 13.8 Å². The van der Waals surface area contributed by atoms with E-state index in [1.807, 2.05) is 6.92 Å². The second kappa shape index (κ2) is 4.75. The number of aromatic amines is 2. The Labute approximate surface area is 119 Å². The average molecular weight is 286 g/mol. The number of nitrogens with one attached hydrogen (secondary N) is 2. The summed E-state index contributed by atoms with van der Waals surface area (Å²) in [5.74, 6) is 1.37. The Kier molecular flexibility index (Phi) is 3.03. The number of rotatable bonds is 2. The Morgan fingerprint density at radius 3 is 2.33 bits per heavy atom. The third kappa shape index (κ3) is 2.30. The number of benzene rings is 1. The van der Waals surface area contributed by atoms with Crippen LogP contribution in [0.1, 0.15) is 28.8 Å². The molecule has 0 radical (unpaired) electrons. The highest BCUT2D eigenvalue weighted by Gasteiger charge is 2.17. The van der Waals surface area contributed by atoms with Crippen LogP contribution in [-0.2, 0) is 0 Å². The van der Waals surface area contributed by atoms with Gasteiger partial charge in [0.2, 0.25) is 0 Å². The average Bonchev–Trinajstić information content (AvgIpc) is 2.78. The van der Waals surface area contributed by atoms with Crippen molar-refractivity contribution >= 4 is 11.0 Å². The van der Waals surface area contributed by atoms with Crippen molar-refractivity contribution in [3.8, 4) is 0 Å². The van der Waals surface area contributed by atoms with Crippen LogP contribution >= 0.6 is 0 Å². The SMILES string of the molecule is Cc1cc(C(O)c2ccc3[nH]c(=O)c(=O)[nH]c3c2)c(C)o1. The Balaban J connectivity index is 2.12. The zero-order valence-corrected chi connectivity index (χ0v) is 11.6. The van der Waals surface area contributed by atoms with Gasteiger partial charge >= 0.3 is 11.1 Å². The van der Waals surface area contributed by atoms with Crippen molar-refractivity contribution in [3.63, 3.8) is 0 Å². The molecule has 0 aliphatic rings. The lowest BCUT2D eigenvalue weighted by atomic mass is 10.0. The number of aromatic nitrogens is 2. The van der Waals surface area contributed by atoms with E-state index in [9.17, 15) is 14.7 Å². The van der Waals surface area contributed by atoms with E-state index in [2.05, 4.69) is 9.97 Å². The minimum atomic E-state index is -0.859. The summed E-state index contributed by atoms with van der Waals surface area (Å²) >= 11 is 0. The van der Waals surface area contributed by atoms with E-state index in [4.69, 9.17) is 4.42 Å². The third-order valence-corrected chi connectivity index (χ3v) is 3.44. The highest BCUT2D eigenvalue weighted by molar-refractivity contribution is 5.74. The maximum atomic E-state index is 11.4. The molecular weight excluding hydrogens is 272 g/mol. The highest BCUT2D eigenvalue weighted by atomic mass is 16.3. The van der Waals surface area contributed by atoms with Crippen LogP contribution in [0.3, 0.4) is 0 Å². The van der Waals surface area contributed by atoms with Crippen molar-refractivity contribution in [1.29, 1.82) is 0 Å². The monoisotopic (exact) mass is 286 g/mol. The molecule has 6 heteroatoms. The first-order valence-corrected chi connectivity index (χ1v) is 6.47. The number of fused-ring (bicyclic) bond motifs is 1. The van der Waals surface area contributed by atoms with E-state index >= 15 is 0 Å². The van der Waals surface area contributed by atoms with Gasteiger partial charge in [0.15, 0.2) is 0 Å². The summed E-state index contributed by atoms with van der Waals surface area (Å²) in [4.78, 5) is 27.6. The standard InChI is InChI=1S/C15H14N2O4/c1-7-5-10(8(2)21-7)13(18)9-3-4-11-12(6-9)17-15(20)14(19)16-11/h3-6,13,18H,1-2H3,(H,16,19)(H,17,20). The van der Waals surface area contributed by atoms with Crippen LogP contribution < -0.4 is 11.1 Å². The van der Waals surface area contributed by atoms with Gasteiger partial charge < -0.3 is 19.5 Å². The Morgan fingerprint density at radius 1 is 1.05 bits per heavy atom. The van der Waals surface area contributed by atoms with Gasteiger partial charge in [0.25, 0.3) is 0 Å². The summed E-state index contributed by atoms with van der Waals surface area (Å²) in [6.07, 6.45) is -0.859. The summed E-state index contributed by atoms with van der Waals surface area (Å²) in [6.45, 7) is 3.60. The van der Waals surface area contributed by atoms with Crippen molar-refractivity contribution in [2.24, 2.45) is 0 Å². The van der Waals surface area contributed by atoms with Gasteiger partial charge in [-0.1, -0.05) is 6.07 Å². The number of aliphatic hydroxyl groups is 1. The lowest BCUT2D eigenvalue weighted by Gasteiger charge is -2.10. The van der Waals surface area contributed by atoms with Gasteiger partial charge in [-0.3, -0.25) is 9.59 Å². The van der Waals surface area contributed by atoms with E-state index in [-0.39, 0.29) is 0 Å². The summed E-state index contributed by atoms with van der Waals surface area (Å²) in [6, 6.07) is 6.76. The molecule has 2 aromatic heterocycles. The topological polar surface area (TPSA) is 99.1 Å². The molecule has 0 aliphatic heterocycles. The third-order valence-electron chi connectivity index (χ3n) is 3.44. The molecule has 1 unspecified atom stereocenters. The van der Waals surface area contributed by atoms with E-state index < -0.39 is 17.2 Å². The Hall–Kier alpha value is -2.60. The minimum absolute atomic E-state index is 0.467. The first-order chi connectivity index (χ1) is 9.95. The second-order valence-corrected chi connectivity index (χ2v) is 4.98. The number of H-pyrrole nitrogens is 2. The number of aliphatic hydroxyl groups excluding tert-OH is 1. The molecule has 3 N–H and O–H groups in total. The van der Waals surface area contributed by atoms with E-state index in [1.54, 1.807) is 31.2 Å². The molecule has 0 fully saturated rings. The summed E-state index contributed by atoms with van der Waals surface area (Å²) in [5, 5.41) is 10.4. The maximum absolute atomic E-state index is 11.4. The fourth-order valence-electron chi connectivity index (χ4n) is 2.40. The molecule has 21 heavy (non-hydrogen) atoms. The second-order valence-electron chi connectivity index (χ2n) is 4.98. The largest absolute Gasteiger partial charge is 0.466 e. The van der Waals surface area contributed by atoms with Crippen LogP contribution in [0.15, 0.2) is 38.3 Å². The summed E-state index contributed by atoms with van der Waals surface area (Å²) < 4.78 is 5.41. The van der Waals surface area contributed by atoms with Gasteiger partial charge in [-0.05, 0) is 37.6 Å². The van der Waals surface area contributed by atoms with Crippen molar-refractivity contribution in [2.45, 2.75) is 20.0 Å². The first kappa shape index (κ1) is 13.4. The minimum Gasteiger partial charge on any atom is -0.466 e. The van der Waals surface area contributed by atoms with Crippen LogP contribution in [0.2, 0.25) is 0 Å². The molecule has 0 saturated carbocycles. The molecule has 3 rings (SSSR count).